The van der Waals surface area contributed by atoms with Crippen LogP contribution in [0.2, 0.25) is 0 Å². The molecule has 1 aromatic rings. The summed E-state index contributed by atoms with van der Waals surface area (Å²) >= 11 is 0.636. The number of anilines is 1. The molecule has 1 heterocycles. The summed E-state index contributed by atoms with van der Waals surface area (Å²) in [6.07, 6.45) is 0.485. The van der Waals surface area contributed by atoms with E-state index in [0.717, 1.165) is 4.31 Å². The molecule has 124 valence electrons. The fraction of sp³-hybridized carbons (Fsp3) is 0.643. The summed E-state index contributed by atoms with van der Waals surface area (Å²) in [7, 11) is 1.47. The zero-order valence-electron chi connectivity index (χ0n) is 13.8. The Labute approximate surface area is 134 Å². The topological polar surface area (TPSA) is 84.7 Å². The molecular weight excluding hydrogens is 306 g/mol. The lowest BCUT2D eigenvalue weighted by molar-refractivity contribution is 0.130. The smallest absolute Gasteiger partial charge is 0.389 e. The van der Waals surface area contributed by atoms with E-state index >= 15 is 0 Å². The molecule has 0 bridgehead atoms. The van der Waals surface area contributed by atoms with Crippen molar-refractivity contribution < 1.29 is 18.8 Å². The van der Waals surface area contributed by atoms with Crippen LogP contribution in [0.25, 0.3) is 0 Å². The summed E-state index contributed by atoms with van der Waals surface area (Å²) in [5.41, 5.74) is -0.249. The van der Waals surface area contributed by atoms with Gasteiger partial charge in [-0.15, -0.1) is 0 Å². The van der Waals surface area contributed by atoms with Crippen molar-refractivity contribution in [1.82, 2.24) is 10.5 Å². The summed E-state index contributed by atoms with van der Waals surface area (Å²) in [4.78, 5) is 23.8. The number of carbonyl (C=O) groups excluding carboxylic acids is 2. The van der Waals surface area contributed by atoms with Crippen LogP contribution in [0.15, 0.2) is 10.6 Å². The Balaban J connectivity index is 2.92. The molecule has 0 aliphatic heterocycles. The van der Waals surface area contributed by atoms with Crippen LogP contribution in [0.4, 0.5) is 15.4 Å². The Bertz CT molecular complexity index is 524. The molecule has 7 nitrogen and oxygen atoms in total. The van der Waals surface area contributed by atoms with Crippen molar-refractivity contribution in [2.24, 2.45) is 0 Å². The van der Waals surface area contributed by atoms with Crippen molar-refractivity contribution in [3.05, 3.63) is 11.8 Å². The van der Waals surface area contributed by atoms with E-state index in [1.54, 1.807) is 13.0 Å². The van der Waals surface area contributed by atoms with E-state index in [0.29, 0.717) is 24.1 Å². The van der Waals surface area contributed by atoms with E-state index < -0.39 is 11.3 Å². The quantitative estimate of drug-likeness (QED) is 0.672. The van der Waals surface area contributed by atoms with E-state index in [1.165, 1.54) is 7.05 Å². The molecule has 0 aliphatic rings. The first-order valence-corrected chi connectivity index (χ1v) is 7.84. The highest BCUT2D eigenvalue weighted by atomic mass is 32.2. The zero-order chi connectivity index (χ0) is 16.9. The van der Waals surface area contributed by atoms with Crippen LogP contribution in [0, 0.1) is 0 Å². The SMILES string of the molecule is CCC(C)OC(=O)SN(C(=O)NC)c1cc(C(C)(C)C)on1. The second-order valence-corrected chi connectivity index (χ2v) is 6.71. The van der Waals surface area contributed by atoms with Crippen molar-refractivity contribution in [3.8, 4) is 0 Å². The van der Waals surface area contributed by atoms with Gasteiger partial charge in [-0.2, -0.15) is 0 Å². The molecule has 8 heteroatoms. The number of hydrogen-bond donors (Lipinski definition) is 1. The van der Waals surface area contributed by atoms with Crippen molar-refractivity contribution in [2.45, 2.75) is 52.6 Å². The standard InChI is InChI=1S/C14H23N3O4S/c1-7-9(2)20-13(19)22-17(12(18)15-6)11-8-10(21-16-11)14(3,4)5/h8-9H,7H2,1-6H3,(H,15,18). The van der Waals surface area contributed by atoms with Crippen molar-refractivity contribution in [3.63, 3.8) is 0 Å². The van der Waals surface area contributed by atoms with Gasteiger partial charge in [0.05, 0.1) is 18.1 Å². The number of hydrogen-bond acceptors (Lipinski definition) is 6. The minimum absolute atomic E-state index is 0.214. The first kappa shape index (κ1) is 18.3. The first-order valence-electron chi connectivity index (χ1n) is 7.06. The summed E-state index contributed by atoms with van der Waals surface area (Å²) in [5.74, 6) is 0.864. The van der Waals surface area contributed by atoms with Gasteiger partial charge < -0.3 is 14.6 Å². The summed E-state index contributed by atoms with van der Waals surface area (Å²) in [5, 5.41) is 5.76. The van der Waals surface area contributed by atoms with Gasteiger partial charge >= 0.3 is 11.3 Å². The summed E-state index contributed by atoms with van der Waals surface area (Å²) in [6.45, 7) is 9.59. The Hall–Kier alpha value is -1.70. The van der Waals surface area contributed by atoms with E-state index in [4.69, 9.17) is 9.26 Å². The summed E-state index contributed by atoms with van der Waals surface area (Å²) < 4.78 is 11.5. The second-order valence-electron chi connectivity index (χ2n) is 5.83. The fourth-order valence-electron chi connectivity index (χ4n) is 1.35. The third-order valence-electron chi connectivity index (χ3n) is 2.88. The van der Waals surface area contributed by atoms with E-state index in [2.05, 4.69) is 10.5 Å². The highest BCUT2D eigenvalue weighted by Crippen LogP contribution is 2.29. The molecule has 0 aromatic carbocycles. The molecule has 22 heavy (non-hydrogen) atoms. The van der Waals surface area contributed by atoms with Crippen LogP contribution >= 0.6 is 11.9 Å². The van der Waals surface area contributed by atoms with Gasteiger partial charge in [0.2, 0.25) is 0 Å². The van der Waals surface area contributed by atoms with Crippen LogP contribution in [0.5, 0.6) is 0 Å². The number of carbonyl (C=O) groups is 2. The molecule has 0 saturated heterocycles. The molecule has 0 spiro atoms. The van der Waals surface area contributed by atoms with Crippen LogP contribution < -0.4 is 9.62 Å². The van der Waals surface area contributed by atoms with Crippen molar-refractivity contribution >= 4 is 29.1 Å². The third-order valence-corrected chi connectivity index (χ3v) is 3.66. The normalized spacial score (nSPS) is 12.6. The zero-order valence-corrected chi connectivity index (χ0v) is 14.6. The monoisotopic (exact) mass is 329 g/mol. The number of nitrogens with zero attached hydrogens (tertiary/aromatic N) is 2. The van der Waals surface area contributed by atoms with Gasteiger partial charge in [0.15, 0.2) is 5.82 Å². The minimum atomic E-state index is -0.571. The van der Waals surface area contributed by atoms with E-state index in [-0.39, 0.29) is 17.3 Å². The molecule has 2 amide bonds. The van der Waals surface area contributed by atoms with Crippen molar-refractivity contribution in [1.29, 1.82) is 0 Å². The predicted molar refractivity (Wildman–Crippen MR) is 86.0 cm³/mol. The van der Waals surface area contributed by atoms with Gasteiger partial charge in [-0.3, -0.25) is 0 Å². The number of aromatic nitrogens is 1. The largest absolute Gasteiger partial charge is 0.453 e. The summed E-state index contributed by atoms with van der Waals surface area (Å²) in [6, 6.07) is 1.15. The first-order chi connectivity index (χ1) is 10.2. The van der Waals surface area contributed by atoms with Gasteiger partial charge in [-0.1, -0.05) is 32.9 Å². The molecule has 1 unspecified atom stereocenters. The average Bonchev–Trinajstić information content (AvgIpc) is 2.93. The van der Waals surface area contributed by atoms with Gasteiger partial charge in [-0.05, 0) is 13.3 Å². The molecule has 1 rings (SSSR count). The van der Waals surface area contributed by atoms with E-state index in [9.17, 15) is 9.59 Å². The Morgan fingerprint density at radius 3 is 2.59 bits per heavy atom. The highest BCUT2D eigenvalue weighted by Gasteiger charge is 2.27. The van der Waals surface area contributed by atoms with Crippen LogP contribution in [0.1, 0.15) is 46.8 Å². The van der Waals surface area contributed by atoms with Gasteiger partial charge in [0, 0.05) is 18.5 Å². The molecule has 0 radical (unpaired) electrons. The molecule has 1 atom stereocenters. The Morgan fingerprint density at radius 2 is 2.14 bits per heavy atom. The Morgan fingerprint density at radius 1 is 1.50 bits per heavy atom. The lowest BCUT2D eigenvalue weighted by atomic mass is 9.93. The van der Waals surface area contributed by atoms with Crippen LogP contribution in [0.3, 0.4) is 0 Å². The molecule has 0 saturated carbocycles. The predicted octanol–water partition coefficient (Wildman–Crippen LogP) is 3.70. The molecule has 0 aliphatic carbocycles. The molecular formula is C14H23N3O4S. The number of amides is 2. The Kier molecular flexibility index (Phi) is 6.28. The maximum absolute atomic E-state index is 12.0. The van der Waals surface area contributed by atoms with Gasteiger partial charge in [-0.25, -0.2) is 13.9 Å². The van der Waals surface area contributed by atoms with E-state index in [1.807, 2.05) is 27.7 Å². The van der Waals surface area contributed by atoms with Crippen LogP contribution in [-0.2, 0) is 10.2 Å². The lowest BCUT2D eigenvalue weighted by Gasteiger charge is -2.18. The molecule has 1 N–H and O–H groups in total. The van der Waals surface area contributed by atoms with Gasteiger partial charge in [0.25, 0.3) is 0 Å². The number of ether oxygens (including phenoxy) is 1. The fourth-order valence-corrected chi connectivity index (χ4v) is 2.06. The maximum Gasteiger partial charge on any atom is 0.389 e. The van der Waals surface area contributed by atoms with Crippen LogP contribution in [-0.4, -0.2) is 29.6 Å². The number of nitrogens with one attached hydrogen (secondary N) is 1. The minimum Gasteiger partial charge on any atom is -0.453 e. The number of rotatable bonds is 3. The number of urea groups is 1. The average molecular weight is 329 g/mol. The molecule has 0 fully saturated rings. The van der Waals surface area contributed by atoms with Crippen molar-refractivity contribution in [2.75, 3.05) is 11.4 Å². The third kappa shape index (κ3) is 4.94. The highest BCUT2D eigenvalue weighted by molar-refractivity contribution is 8.15. The van der Waals surface area contributed by atoms with Gasteiger partial charge in [0.1, 0.15) is 5.76 Å². The lowest BCUT2D eigenvalue weighted by Crippen LogP contribution is -2.34. The second kappa shape index (κ2) is 7.53. The maximum atomic E-state index is 12.0. The molecule has 1 aromatic heterocycles.